The van der Waals surface area contributed by atoms with Crippen LogP contribution in [-0.2, 0) is 11.2 Å². The summed E-state index contributed by atoms with van der Waals surface area (Å²) in [6.07, 6.45) is 1.45. The molecule has 2 N–H and O–H groups in total. The second-order valence-electron chi connectivity index (χ2n) is 4.19. The largest absolute Gasteiger partial charge is 0.481 e. The van der Waals surface area contributed by atoms with Gasteiger partial charge in [0, 0.05) is 18.0 Å². The van der Waals surface area contributed by atoms with Gasteiger partial charge in [0.15, 0.2) is 6.10 Å². The maximum atomic E-state index is 11.8. The van der Waals surface area contributed by atoms with Crippen LogP contribution in [0.3, 0.4) is 0 Å². The van der Waals surface area contributed by atoms with E-state index >= 15 is 0 Å². The van der Waals surface area contributed by atoms with Crippen molar-refractivity contribution >= 4 is 17.5 Å². The van der Waals surface area contributed by atoms with Crippen molar-refractivity contribution in [2.45, 2.75) is 19.4 Å². The number of amides is 1. The van der Waals surface area contributed by atoms with Crippen LogP contribution in [0.4, 0.5) is 0 Å². The summed E-state index contributed by atoms with van der Waals surface area (Å²) in [5.41, 5.74) is 0. The number of nitrogens with zero attached hydrogens (tertiary/aromatic N) is 2. The van der Waals surface area contributed by atoms with Gasteiger partial charge in [-0.05, 0) is 31.2 Å². The molecule has 0 saturated heterocycles. The molecule has 0 saturated carbocycles. The second kappa shape index (κ2) is 6.91. The number of aromatic amines is 1. The zero-order valence-electron chi connectivity index (χ0n) is 11.0. The van der Waals surface area contributed by atoms with E-state index in [1.165, 1.54) is 6.33 Å². The maximum absolute atomic E-state index is 11.8. The number of carbonyl (C=O) groups excluding carboxylic acids is 1. The molecule has 0 fully saturated rings. The molecule has 20 heavy (non-hydrogen) atoms. The summed E-state index contributed by atoms with van der Waals surface area (Å²) in [5.74, 6) is 1.16. The summed E-state index contributed by atoms with van der Waals surface area (Å²) < 4.78 is 5.51. The number of ether oxygens (including phenoxy) is 1. The number of carbonyl (C=O) groups is 1. The molecule has 106 valence electrons. The Labute approximate surface area is 121 Å². The van der Waals surface area contributed by atoms with Crippen molar-refractivity contribution in [3.63, 3.8) is 0 Å². The molecular weight excluding hydrogens is 280 g/mol. The van der Waals surface area contributed by atoms with Crippen LogP contribution >= 0.6 is 11.6 Å². The van der Waals surface area contributed by atoms with E-state index < -0.39 is 6.10 Å². The quantitative estimate of drug-likeness (QED) is 0.848. The summed E-state index contributed by atoms with van der Waals surface area (Å²) >= 11 is 5.78. The lowest BCUT2D eigenvalue weighted by Gasteiger charge is -2.14. The fraction of sp³-hybridized carbons (Fsp3) is 0.308. The number of nitrogens with one attached hydrogen (secondary N) is 2. The first-order valence-electron chi connectivity index (χ1n) is 6.19. The van der Waals surface area contributed by atoms with Gasteiger partial charge >= 0.3 is 0 Å². The lowest BCUT2D eigenvalue weighted by atomic mass is 10.3. The molecule has 0 bridgehead atoms. The van der Waals surface area contributed by atoms with Crippen molar-refractivity contribution < 1.29 is 9.53 Å². The molecule has 1 aromatic heterocycles. The van der Waals surface area contributed by atoms with Gasteiger partial charge in [0.05, 0.1) is 0 Å². The highest BCUT2D eigenvalue weighted by Gasteiger charge is 2.14. The molecule has 1 heterocycles. The van der Waals surface area contributed by atoms with E-state index in [1.807, 2.05) is 0 Å². The number of halogens is 1. The SMILES string of the molecule is CC(Oc1ccc(Cl)cc1)C(=O)NCCc1ncn[nH]1. The zero-order chi connectivity index (χ0) is 14.4. The van der Waals surface area contributed by atoms with E-state index in [-0.39, 0.29) is 5.91 Å². The van der Waals surface area contributed by atoms with Gasteiger partial charge in [0.2, 0.25) is 0 Å². The standard InChI is InChI=1S/C13H15ClN4O2/c1-9(20-11-4-2-10(14)3-5-11)13(19)15-7-6-12-16-8-17-18-12/h2-5,8-9H,6-7H2,1H3,(H,15,19)(H,16,17,18). The first-order valence-corrected chi connectivity index (χ1v) is 6.57. The van der Waals surface area contributed by atoms with Gasteiger partial charge in [-0.3, -0.25) is 9.89 Å². The van der Waals surface area contributed by atoms with E-state index in [0.717, 1.165) is 5.82 Å². The van der Waals surface area contributed by atoms with E-state index in [4.69, 9.17) is 16.3 Å². The van der Waals surface area contributed by atoms with E-state index in [1.54, 1.807) is 31.2 Å². The third-order valence-corrected chi connectivity index (χ3v) is 2.87. The second-order valence-corrected chi connectivity index (χ2v) is 4.62. The van der Waals surface area contributed by atoms with Gasteiger partial charge in [-0.1, -0.05) is 11.6 Å². The minimum absolute atomic E-state index is 0.181. The summed E-state index contributed by atoms with van der Waals surface area (Å²) in [4.78, 5) is 15.8. The van der Waals surface area contributed by atoms with Gasteiger partial charge in [-0.2, -0.15) is 5.10 Å². The van der Waals surface area contributed by atoms with Gasteiger partial charge in [-0.15, -0.1) is 0 Å². The molecule has 0 aliphatic heterocycles. The summed E-state index contributed by atoms with van der Waals surface area (Å²) in [6.45, 7) is 2.17. The van der Waals surface area contributed by atoms with Crippen molar-refractivity contribution in [1.29, 1.82) is 0 Å². The molecule has 1 aromatic carbocycles. The molecule has 7 heteroatoms. The molecule has 0 radical (unpaired) electrons. The normalized spacial score (nSPS) is 11.9. The molecule has 2 rings (SSSR count). The van der Waals surface area contributed by atoms with Crippen LogP contribution in [0, 0.1) is 0 Å². The van der Waals surface area contributed by atoms with Crippen LogP contribution in [0.1, 0.15) is 12.7 Å². The molecule has 1 unspecified atom stereocenters. The predicted molar refractivity (Wildman–Crippen MR) is 74.6 cm³/mol. The Kier molecular flexibility index (Phi) is 4.95. The smallest absolute Gasteiger partial charge is 0.260 e. The molecule has 0 spiro atoms. The van der Waals surface area contributed by atoms with Gasteiger partial charge < -0.3 is 10.1 Å². The maximum Gasteiger partial charge on any atom is 0.260 e. The van der Waals surface area contributed by atoms with Crippen molar-refractivity contribution in [3.8, 4) is 5.75 Å². The number of hydrogen-bond acceptors (Lipinski definition) is 4. The highest BCUT2D eigenvalue weighted by atomic mass is 35.5. The van der Waals surface area contributed by atoms with Gasteiger partial charge in [-0.25, -0.2) is 4.98 Å². The summed E-state index contributed by atoms with van der Waals surface area (Å²) in [6, 6.07) is 6.87. The summed E-state index contributed by atoms with van der Waals surface area (Å²) in [5, 5.41) is 9.86. The Morgan fingerprint density at radius 1 is 1.45 bits per heavy atom. The Morgan fingerprint density at radius 2 is 2.20 bits per heavy atom. The minimum Gasteiger partial charge on any atom is -0.481 e. The highest BCUT2D eigenvalue weighted by molar-refractivity contribution is 6.30. The van der Waals surface area contributed by atoms with Crippen LogP contribution in [0.2, 0.25) is 5.02 Å². The van der Waals surface area contributed by atoms with Crippen molar-refractivity contribution in [3.05, 3.63) is 41.4 Å². The Balaban J connectivity index is 1.75. The number of benzene rings is 1. The fourth-order valence-electron chi connectivity index (χ4n) is 1.57. The number of rotatable bonds is 6. The average Bonchev–Trinajstić information content (AvgIpc) is 2.94. The van der Waals surface area contributed by atoms with Gasteiger partial charge in [0.25, 0.3) is 5.91 Å². The highest BCUT2D eigenvalue weighted by Crippen LogP contribution is 2.16. The third kappa shape index (κ3) is 4.24. The number of aromatic nitrogens is 3. The predicted octanol–water partition coefficient (Wildman–Crippen LogP) is 1.58. The van der Waals surface area contributed by atoms with Crippen LogP contribution in [0.25, 0.3) is 0 Å². The number of H-pyrrole nitrogens is 1. The molecule has 0 aliphatic rings. The Bertz CT molecular complexity index is 542. The van der Waals surface area contributed by atoms with Crippen LogP contribution in [0.5, 0.6) is 5.75 Å². The van der Waals surface area contributed by atoms with E-state index in [9.17, 15) is 4.79 Å². The number of hydrogen-bond donors (Lipinski definition) is 2. The van der Waals surface area contributed by atoms with Crippen molar-refractivity contribution in [2.24, 2.45) is 0 Å². The lowest BCUT2D eigenvalue weighted by molar-refractivity contribution is -0.127. The molecule has 6 nitrogen and oxygen atoms in total. The summed E-state index contributed by atoms with van der Waals surface area (Å²) in [7, 11) is 0. The van der Waals surface area contributed by atoms with Crippen LogP contribution in [-0.4, -0.2) is 33.7 Å². The van der Waals surface area contributed by atoms with Gasteiger partial charge in [0.1, 0.15) is 17.9 Å². The van der Waals surface area contributed by atoms with Crippen LogP contribution in [0.15, 0.2) is 30.6 Å². The monoisotopic (exact) mass is 294 g/mol. The Hall–Kier alpha value is -2.08. The average molecular weight is 295 g/mol. The molecule has 1 atom stereocenters. The van der Waals surface area contributed by atoms with E-state index in [2.05, 4.69) is 20.5 Å². The Morgan fingerprint density at radius 3 is 2.85 bits per heavy atom. The molecule has 2 aromatic rings. The van der Waals surface area contributed by atoms with E-state index in [0.29, 0.717) is 23.7 Å². The lowest BCUT2D eigenvalue weighted by Crippen LogP contribution is -2.37. The molecular formula is C13H15ClN4O2. The first kappa shape index (κ1) is 14.3. The zero-order valence-corrected chi connectivity index (χ0v) is 11.7. The molecule has 1 amide bonds. The first-order chi connectivity index (χ1) is 9.65. The van der Waals surface area contributed by atoms with Crippen molar-refractivity contribution in [1.82, 2.24) is 20.5 Å². The molecule has 0 aliphatic carbocycles. The minimum atomic E-state index is -0.578. The topological polar surface area (TPSA) is 79.9 Å². The van der Waals surface area contributed by atoms with Crippen LogP contribution < -0.4 is 10.1 Å². The van der Waals surface area contributed by atoms with Crippen molar-refractivity contribution in [2.75, 3.05) is 6.54 Å². The third-order valence-electron chi connectivity index (χ3n) is 2.62. The fourth-order valence-corrected chi connectivity index (χ4v) is 1.70.